The summed E-state index contributed by atoms with van der Waals surface area (Å²) >= 11 is 0. The van der Waals surface area contributed by atoms with E-state index in [1.165, 1.54) is 32.8 Å². The Bertz CT molecular complexity index is 4070. The van der Waals surface area contributed by atoms with Gasteiger partial charge in [-0.1, -0.05) is 189 Å². The van der Waals surface area contributed by atoms with Gasteiger partial charge in [0.2, 0.25) is 0 Å². The maximum absolute atomic E-state index is 6.74. The van der Waals surface area contributed by atoms with Gasteiger partial charge in [-0.05, 0) is 83.8 Å². The van der Waals surface area contributed by atoms with Crippen LogP contribution in [-0.4, -0.2) is 19.1 Å². The van der Waals surface area contributed by atoms with Crippen molar-refractivity contribution < 1.29 is 4.42 Å². The van der Waals surface area contributed by atoms with Crippen LogP contribution in [0.3, 0.4) is 0 Å². The van der Waals surface area contributed by atoms with Gasteiger partial charge in [0.1, 0.15) is 17.0 Å². The van der Waals surface area contributed by atoms with E-state index in [0.29, 0.717) is 22.9 Å². The van der Waals surface area contributed by atoms with Crippen LogP contribution < -0.4 is 0 Å². The molecule has 0 fully saturated rings. The summed E-state index contributed by atoms with van der Waals surface area (Å²) < 4.78 is 11.6. The fourth-order valence-corrected chi connectivity index (χ4v) is 10.6. The van der Waals surface area contributed by atoms with Crippen molar-refractivity contribution in [2.75, 3.05) is 0 Å². The third-order valence-electron chi connectivity index (χ3n) is 13.6. The van der Waals surface area contributed by atoms with Crippen molar-refractivity contribution in [2.45, 2.75) is 6.92 Å². The molecule has 0 radical (unpaired) electrons. The van der Waals surface area contributed by atoms with Gasteiger partial charge in [0.05, 0.1) is 27.8 Å². The van der Waals surface area contributed by atoms with Crippen molar-refractivity contribution >= 4 is 66.9 Å². The van der Waals surface area contributed by atoms with E-state index >= 15 is 0 Å². The molecule has 0 atom stereocenters. The molecule has 0 unspecified atom stereocenters. The lowest BCUT2D eigenvalue weighted by molar-refractivity contribution is 0.603. The van der Waals surface area contributed by atoms with Crippen LogP contribution >= 0.6 is 0 Å². The molecular weight excluding hydrogens is 853 g/mol. The lowest BCUT2D eigenvalue weighted by Gasteiger charge is -2.21. The Morgan fingerprint density at radius 1 is 0.457 bits per heavy atom. The quantitative estimate of drug-likeness (QED) is 0.145. The van der Waals surface area contributed by atoms with Gasteiger partial charge >= 0.3 is 0 Å². The summed E-state index contributed by atoms with van der Waals surface area (Å²) in [6.07, 6.45) is 5.81. The van der Waals surface area contributed by atoms with E-state index in [4.69, 9.17) is 14.4 Å². The molecule has 70 heavy (non-hydrogen) atoms. The van der Waals surface area contributed by atoms with Gasteiger partial charge in [0, 0.05) is 55.0 Å². The maximum Gasteiger partial charge on any atom is 0.180 e. The minimum atomic E-state index is 0.607. The topological polar surface area (TPSA) is 48.8 Å². The Kier molecular flexibility index (Phi) is 9.80. The van der Waals surface area contributed by atoms with Crippen LogP contribution in [0.25, 0.3) is 134 Å². The number of fused-ring (bicyclic) bond motifs is 7. The Morgan fingerprint density at radius 2 is 0.986 bits per heavy atom. The van der Waals surface area contributed by atoms with Gasteiger partial charge in [-0.15, -0.1) is 0 Å². The summed E-state index contributed by atoms with van der Waals surface area (Å²) in [4.78, 5) is 10.6. The highest BCUT2D eigenvalue weighted by Gasteiger charge is 2.27. The van der Waals surface area contributed by atoms with Crippen molar-refractivity contribution in [3.05, 3.63) is 242 Å². The molecule has 4 aromatic heterocycles. The largest absolute Gasteiger partial charge is 0.452 e. The fourth-order valence-electron chi connectivity index (χ4n) is 10.6. The molecule has 0 aliphatic carbocycles. The number of furan rings is 1. The predicted molar refractivity (Wildman–Crippen MR) is 292 cm³/mol. The zero-order valence-electron chi connectivity index (χ0n) is 38.4. The van der Waals surface area contributed by atoms with Gasteiger partial charge in [0.25, 0.3) is 0 Å². The molecule has 5 nitrogen and oxygen atoms in total. The molecule has 13 rings (SSSR count). The first-order valence-corrected chi connectivity index (χ1v) is 23.7. The standard InChI is InChI=1S/C65H44N4O/c1-3-22-51-59(4-2)70-64-61(66-65(67-62(51)64)45-29-15-8-16-30-45)46-39-52(43-25-11-6-12-26-43)63(53(40-46)44-27-13-7-14-28-44)69-57-38-37-47(68-55-34-19-17-31-49(55)50-32-18-20-35-56(50)68)41-54(57)60-48(33-21-36-58(60)69)42-23-9-5-10-24-42/h3-41H,2H2,1H3/b22-3-. The van der Waals surface area contributed by atoms with Gasteiger partial charge in [-0.3, -0.25) is 0 Å². The van der Waals surface area contributed by atoms with Crippen molar-refractivity contribution in [1.82, 2.24) is 19.1 Å². The Labute approximate surface area is 405 Å². The number of hydrogen-bond acceptors (Lipinski definition) is 3. The van der Waals surface area contributed by atoms with Crippen LogP contribution in [0.2, 0.25) is 0 Å². The highest BCUT2D eigenvalue weighted by Crippen LogP contribution is 2.47. The van der Waals surface area contributed by atoms with E-state index in [1.807, 2.05) is 37.3 Å². The Hall–Kier alpha value is -9.32. The molecule has 0 amide bonds. The second kappa shape index (κ2) is 16.8. The zero-order chi connectivity index (χ0) is 46.7. The number of benzene rings is 9. The smallest absolute Gasteiger partial charge is 0.180 e. The van der Waals surface area contributed by atoms with Crippen LogP contribution in [0.4, 0.5) is 0 Å². The third-order valence-corrected chi connectivity index (χ3v) is 13.6. The summed E-state index contributed by atoms with van der Waals surface area (Å²) in [5.74, 6) is 1.27. The molecule has 0 spiro atoms. The lowest BCUT2D eigenvalue weighted by atomic mass is 9.91. The number of para-hydroxylation sites is 2. The average molecular weight is 897 g/mol. The first-order chi connectivity index (χ1) is 34.7. The molecule has 9 aromatic carbocycles. The number of aromatic nitrogens is 4. The Morgan fingerprint density at radius 3 is 1.57 bits per heavy atom. The molecule has 5 heteroatoms. The van der Waals surface area contributed by atoms with Crippen molar-refractivity contribution in [3.8, 4) is 67.4 Å². The van der Waals surface area contributed by atoms with Crippen LogP contribution in [-0.2, 0) is 0 Å². The average Bonchev–Trinajstić information content (AvgIpc) is 4.08. The number of allylic oxidation sites excluding steroid dienone is 1. The molecule has 330 valence electrons. The van der Waals surface area contributed by atoms with Gasteiger partial charge in [0.15, 0.2) is 11.4 Å². The van der Waals surface area contributed by atoms with Crippen LogP contribution in [0.1, 0.15) is 18.2 Å². The van der Waals surface area contributed by atoms with Crippen molar-refractivity contribution in [1.29, 1.82) is 0 Å². The third kappa shape index (κ3) is 6.55. The maximum atomic E-state index is 6.74. The molecule has 0 aliphatic rings. The number of rotatable bonds is 9. The normalized spacial score (nSPS) is 11.8. The molecular formula is C65H44N4O. The van der Waals surface area contributed by atoms with E-state index in [1.54, 1.807) is 6.08 Å². The zero-order valence-corrected chi connectivity index (χ0v) is 38.4. The summed E-state index contributed by atoms with van der Waals surface area (Å²) in [7, 11) is 0. The van der Waals surface area contributed by atoms with E-state index in [2.05, 4.69) is 216 Å². The second-order valence-corrected chi connectivity index (χ2v) is 17.6. The monoisotopic (exact) mass is 896 g/mol. The fraction of sp³-hybridized carbons (Fsp3) is 0.0154. The predicted octanol–water partition coefficient (Wildman–Crippen LogP) is 17.4. The number of nitrogens with zero attached hydrogens (tertiary/aromatic N) is 4. The minimum Gasteiger partial charge on any atom is -0.452 e. The van der Waals surface area contributed by atoms with Crippen LogP contribution in [0.15, 0.2) is 235 Å². The highest BCUT2D eigenvalue weighted by atomic mass is 16.3. The second-order valence-electron chi connectivity index (χ2n) is 17.6. The summed E-state index contributed by atoms with van der Waals surface area (Å²) in [5, 5.41) is 4.80. The van der Waals surface area contributed by atoms with Crippen molar-refractivity contribution in [2.24, 2.45) is 0 Å². The van der Waals surface area contributed by atoms with E-state index in [0.717, 1.165) is 77.8 Å². The molecule has 0 aliphatic heterocycles. The first-order valence-electron chi connectivity index (χ1n) is 23.7. The summed E-state index contributed by atoms with van der Waals surface area (Å²) in [6.45, 7) is 6.15. The molecule has 0 saturated heterocycles. The number of hydrogen-bond donors (Lipinski definition) is 0. The Balaban J connectivity index is 1.17. The van der Waals surface area contributed by atoms with E-state index < -0.39 is 0 Å². The lowest BCUT2D eigenvalue weighted by Crippen LogP contribution is -2.03. The molecule has 0 saturated carbocycles. The SMILES string of the molecule is C=Cc1oc2c(-c3cc(-c4ccccc4)c(-n4c5ccc(-n6c7ccccc7c7ccccc76)cc5c5c(-c6ccccc6)cccc54)c(-c4ccccc4)c3)nc(-c3ccccc3)nc2c1/C=C\C. The van der Waals surface area contributed by atoms with Crippen LogP contribution in [0, 0.1) is 0 Å². The van der Waals surface area contributed by atoms with Gasteiger partial charge in [-0.25, -0.2) is 9.97 Å². The van der Waals surface area contributed by atoms with Crippen molar-refractivity contribution in [3.63, 3.8) is 0 Å². The first kappa shape index (κ1) is 40.9. The molecule has 0 bridgehead atoms. The molecule has 4 heterocycles. The van der Waals surface area contributed by atoms with Gasteiger partial charge < -0.3 is 13.6 Å². The summed E-state index contributed by atoms with van der Waals surface area (Å²) in [5.41, 5.74) is 18.0. The molecule has 13 aromatic rings. The molecule has 0 N–H and O–H groups in total. The van der Waals surface area contributed by atoms with E-state index in [-0.39, 0.29) is 0 Å². The van der Waals surface area contributed by atoms with Gasteiger partial charge in [-0.2, -0.15) is 0 Å². The highest BCUT2D eigenvalue weighted by molar-refractivity contribution is 6.18. The minimum absolute atomic E-state index is 0.607. The van der Waals surface area contributed by atoms with E-state index in [9.17, 15) is 0 Å². The summed E-state index contributed by atoms with van der Waals surface area (Å²) in [6, 6.07) is 78.2. The van der Waals surface area contributed by atoms with Crippen LogP contribution in [0.5, 0.6) is 0 Å².